The highest BCUT2D eigenvalue weighted by molar-refractivity contribution is 5.79. The van der Waals surface area contributed by atoms with Crippen LogP contribution in [0.1, 0.15) is 53.9 Å². The van der Waals surface area contributed by atoms with Crippen molar-refractivity contribution >= 4 is 12.1 Å². The number of nitrogens with one attached hydrogen (secondary N) is 1. The Morgan fingerprint density at radius 2 is 1.81 bits per heavy atom. The summed E-state index contributed by atoms with van der Waals surface area (Å²) in [7, 11) is 0. The van der Waals surface area contributed by atoms with Crippen molar-refractivity contribution in [1.29, 1.82) is 0 Å². The smallest absolute Gasteiger partial charge is 0.408 e. The Morgan fingerprint density at radius 3 is 2.19 bits per heavy atom. The van der Waals surface area contributed by atoms with Crippen molar-refractivity contribution in [3.63, 3.8) is 0 Å². The van der Waals surface area contributed by atoms with Gasteiger partial charge in [0.05, 0.1) is 0 Å². The number of hydrogen-bond acceptors (Lipinski definition) is 5. The first-order chi connectivity index (χ1) is 9.35. The lowest BCUT2D eigenvalue weighted by Gasteiger charge is -2.22. The van der Waals surface area contributed by atoms with Crippen LogP contribution in [0.5, 0.6) is 0 Å². The Labute approximate surface area is 124 Å². The van der Waals surface area contributed by atoms with Gasteiger partial charge in [-0.05, 0) is 33.6 Å². The molecule has 0 aliphatic heterocycles. The van der Waals surface area contributed by atoms with Crippen LogP contribution in [0.4, 0.5) is 4.79 Å². The van der Waals surface area contributed by atoms with Crippen molar-refractivity contribution < 1.29 is 24.4 Å². The Morgan fingerprint density at radius 1 is 1.29 bits per heavy atom. The highest BCUT2D eigenvalue weighted by Crippen LogP contribution is 2.17. The van der Waals surface area contributed by atoms with E-state index in [1.807, 2.05) is 0 Å². The zero-order valence-corrected chi connectivity index (χ0v) is 13.1. The lowest BCUT2D eigenvalue weighted by atomic mass is 9.96. The second kappa shape index (κ2) is 7.24. The fourth-order valence-electron chi connectivity index (χ4n) is 1.54. The Kier molecular flexibility index (Phi) is 6.59. The van der Waals surface area contributed by atoms with Crippen LogP contribution in [0.15, 0.2) is 0 Å². The normalized spacial score (nSPS) is 13.4. The first-order valence-corrected chi connectivity index (χ1v) is 6.72. The molecule has 1 atom stereocenters. The van der Waals surface area contributed by atoms with Gasteiger partial charge in [-0.1, -0.05) is 0 Å². The number of alkyl carbamates (subject to hydrolysis) is 1. The molecule has 0 saturated heterocycles. The minimum absolute atomic E-state index is 0.103. The first-order valence-electron chi connectivity index (χ1n) is 6.72. The van der Waals surface area contributed by atoms with Gasteiger partial charge in [0.25, 0.3) is 0 Å². The van der Waals surface area contributed by atoms with Crippen molar-refractivity contribution in [1.82, 2.24) is 5.32 Å². The van der Waals surface area contributed by atoms with E-state index in [2.05, 4.69) is 5.32 Å². The molecular weight excluding hydrogens is 280 g/mol. The molecule has 0 aromatic heterocycles. The summed E-state index contributed by atoms with van der Waals surface area (Å²) in [5.74, 6) is -1.19. The van der Waals surface area contributed by atoms with Crippen LogP contribution in [-0.4, -0.2) is 39.3 Å². The minimum Gasteiger partial charge on any atom is -0.480 e. The van der Waals surface area contributed by atoms with E-state index in [1.54, 1.807) is 20.8 Å². The molecule has 0 heterocycles. The molecule has 0 rings (SSSR count). The van der Waals surface area contributed by atoms with Crippen LogP contribution in [-0.2, 0) is 9.53 Å². The molecule has 0 unspecified atom stereocenters. The lowest BCUT2D eigenvalue weighted by molar-refractivity contribution is -0.561. The fourth-order valence-corrected chi connectivity index (χ4v) is 1.54. The maximum absolute atomic E-state index is 11.5. The maximum atomic E-state index is 11.5. The molecule has 21 heavy (non-hydrogen) atoms. The summed E-state index contributed by atoms with van der Waals surface area (Å²) < 4.78 is 4.98. The third kappa shape index (κ3) is 8.11. The van der Waals surface area contributed by atoms with Gasteiger partial charge < -0.3 is 15.2 Å². The summed E-state index contributed by atoms with van der Waals surface area (Å²) in [5.41, 5.74) is -1.84. The van der Waals surface area contributed by atoms with Crippen molar-refractivity contribution in [3.8, 4) is 0 Å². The Bertz CT molecular complexity index is 400. The molecule has 0 radical (unpaired) electrons. The first kappa shape index (κ1) is 19.1. The van der Waals surface area contributed by atoms with Crippen LogP contribution in [0.3, 0.4) is 0 Å². The molecule has 8 heteroatoms. The van der Waals surface area contributed by atoms with E-state index in [9.17, 15) is 19.7 Å². The molecule has 0 spiro atoms. The van der Waals surface area contributed by atoms with Gasteiger partial charge in [0, 0.05) is 25.2 Å². The van der Waals surface area contributed by atoms with Gasteiger partial charge in [0.2, 0.25) is 5.54 Å². The summed E-state index contributed by atoms with van der Waals surface area (Å²) in [4.78, 5) is 33.0. The molecule has 8 nitrogen and oxygen atoms in total. The van der Waals surface area contributed by atoms with Crippen LogP contribution in [0, 0.1) is 10.1 Å². The number of carbonyl (C=O) groups is 2. The molecule has 0 aromatic rings. The molecule has 0 aliphatic carbocycles. The number of rotatable bonds is 7. The number of ether oxygens (including phenoxy) is 1. The van der Waals surface area contributed by atoms with Gasteiger partial charge in [0.1, 0.15) is 11.6 Å². The number of nitrogens with zero attached hydrogens (tertiary/aromatic N) is 1. The zero-order valence-electron chi connectivity index (χ0n) is 13.1. The number of carboxylic acid groups (broad SMARTS) is 1. The molecule has 0 aromatic carbocycles. The fraction of sp³-hybridized carbons (Fsp3) is 0.846. The standard InChI is InChI=1S/C13H24N2O6/c1-12(2,3)21-11(18)14-9(10(16)17)7-6-8-13(4,5)15(19)20/h9H,6-8H2,1-5H3,(H,14,18)(H,16,17)/t9-/m0/s1. The average molecular weight is 304 g/mol. The predicted octanol–water partition coefficient (Wildman–Crippen LogP) is 2.19. The second-order valence-electron chi connectivity index (χ2n) is 6.50. The van der Waals surface area contributed by atoms with Gasteiger partial charge in [0.15, 0.2) is 0 Å². The van der Waals surface area contributed by atoms with Gasteiger partial charge >= 0.3 is 12.1 Å². The quantitative estimate of drug-likeness (QED) is 0.549. The number of hydrogen-bond donors (Lipinski definition) is 2. The van der Waals surface area contributed by atoms with E-state index >= 15 is 0 Å². The Hall–Kier alpha value is -1.86. The molecule has 2 N–H and O–H groups in total. The van der Waals surface area contributed by atoms with Gasteiger partial charge in [-0.25, -0.2) is 9.59 Å². The third-order valence-corrected chi connectivity index (χ3v) is 2.76. The number of aliphatic carboxylic acids is 1. The zero-order chi connectivity index (χ0) is 16.8. The van der Waals surface area contributed by atoms with Crippen LogP contribution in [0.25, 0.3) is 0 Å². The summed E-state index contributed by atoms with van der Waals surface area (Å²) in [6, 6.07) is -1.12. The summed E-state index contributed by atoms with van der Waals surface area (Å²) >= 11 is 0. The number of carboxylic acids is 1. The topological polar surface area (TPSA) is 119 Å². The Balaban J connectivity index is 4.43. The predicted molar refractivity (Wildman–Crippen MR) is 75.7 cm³/mol. The van der Waals surface area contributed by atoms with Gasteiger partial charge in [-0.3, -0.25) is 10.1 Å². The number of amides is 1. The van der Waals surface area contributed by atoms with E-state index in [0.717, 1.165) is 0 Å². The van der Waals surface area contributed by atoms with E-state index in [0.29, 0.717) is 6.42 Å². The lowest BCUT2D eigenvalue weighted by Crippen LogP contribution is -2.43. The van der Waals surface area contributed by atoms with Crippen LogP contribution < -0.4 is 5.32 Å². The molecule has 0 saturated carbocycles. The monoisotopic (exact) mass is 304 g/mol. The number of nitro groups is 1. The highest BCUT2D eigenvalue weighted by atomic mass is 16.6. The van der Waals surface area contributed by atoms with E-state index in [1.165, 1.54) is 13.8 Å². The molecular formula is C13H24N2O6. The molecule has 0 bridgehead atoms. The molecule has 122 valence electrons. The third-order valence-electron chi connectivity index (χ3n) is 2.76. The maximum Gasteiger partial charge on any atom is 0.408 e. The van der Waals surface area contributed by atoms with Crippen molar-refractivity contribution in [2.45, 2.75) is 71.1 Å². The van der Waals surface area contributed by atoms with Crippen molar-refractivity contribution in [2.24, 2.45) is 0 Å². The second-order valence-corrected chi connectivity index (χ2v) is 6.50. The average Bonchev–Trinajstić information content (AvgIpc) is 2.24. The van der Waals surface area contributed by atoms with Crippen molar-refractivity contribution in [3.05, 3.63) is 10.1 Å². The summed E-state index contributed by atoms with van der Waals surface area (Å²) in [6.07, 6.45) is -0.185. The van der Waals surface area contributed by atoms with E-state index < -0.39 is 34.2 Å². The molecule has 0 fully saturated rings. The summed E-state index contributed by atoms with van der Waals surface area (Å²) in [6.45, 7) is 7.96. The van der Waals surface area contributed by atoms with Gasteiger partial charge in [-0.15, -0.1) is 0 Å². The highest BCUT2D eigenvalue weighted by Gasteiger charge is 2.31. The van der Waals surface area contributed by atoms with E-state index in [4.69, 9.17) is 9.84 Å². The summed E-state index contributed by atoms with van der Waals surface area (Å²) in [5, 5.41) is 22.1. The van der Waals surface area contributed by atoms with Crippen LogP contribution in [0.2, 0.25) is 0 Å². The number of carbonyl (C=O) groups excluding carboxylic acids is 1. The van der Waals surface area contributed by atoms with Crippen LogP contribution >= 0.6 is 0 Å². The molecule has 0 aliphatic rings. The van der Waals surface area contributed by atoms with Gasteiger partial charge in [-0.2, -0.15) is 0 Å². The van der Waals surface area contributed by atoms with E-state index in [-0.39, 0.29) is 12.8 Å². The SMILES string of the molecule is CC(C)(C)OC(=O)N[C@@H](CCCC(C)(C)[N+](=O)[O-])C(=O)O. The largest absolute Gasteiger partial charge is 0.480 e. The van der Waals surface area contributed by atoms with Crippen molar-refractivity contribution in [2.75, 3.05) is 0 Å². The minimum atomic E-state index is -1.19. The molecule has 1 amide bonds.